The zero-order chi connectivity index (χ0) is 14.3. The van der Waals surface area contributed by atoms with Crippen molar-refractivity contribution in [2.45, 2.75) is 52.9 Å². The van der Waals surface area contributed by atoms with E-state index in [1.165, 1.54) is 37.0 Å². The second-order valence-corrected chi connectivity index (χ2v) is 5.37. The molecular weight excluding hydrogens is 242 g/mol. The zero-order valence-corrected chi connectivity index (χ0v) is 12.2. The molecule has 1 saturated carbocycles. The summed E-state index contributed by atoms with van der Waals surface area (Å²) >= 11 is 0. The third-order valence-corrected chi connectivity index (χ3v) is 3.23. The van der Waals surface area contributed by atoms with Crippen molar-refractivity contribution < 1.29 is 8.78 Å². The molecule has 0 unspecified atom stereocenters. The maximum absolute atomic E-state index is 13.0. The van der Waals surface area contributed by atoms with E-state index in [0.717, 1.165) is 24.3 Å². The molecule has 1 fully saturated rings. The molecule has 0 nitrogen and oxygen atoms in total. The number of halogens is 2. The Morgan fingerprint density at radius 3 is 2.21 bits per heavy atom. The highest BCUT2D eigenvalue weighted by Crippen LogP contribution is 2.29. The fourth-order valence-corrected chi connectivity index (χ4v) is 2.12. The van der Waals surface area contributed by atoms with E-state index in [9.17, 15) is 8.78 Å². The molecule has 1 aromatic carbocycles. The molecule has 0 atom stereocenters. The molecule has 1 aliphatic carbocycles. The summed E-state index contributed by atoms with van der Waals surface area (Å²) in [6.07, 6.45) is 7.82. The molecule has 0 saturated heterocycles. The van der Waals surface area contributed by atoms with Crippen molar-refractivity contribution >= 4 is 6.08 Å². The molecular formula is C17H24F2. The smallest absolute Gasteiger partial charge is 0.159 e. The Labute approximate surface area is 115 Å². The van der Waals surface area contributed by atoms with E-state index in [2.05, 4.69) is 20.8 Å². The summed E-state index contributed by atoms with van der Waals surface area (Å²) in [5.41, 5.74) is 2.12. The van der Waals surface area contributed by atoms with Crippen molar-refractivity contribution in [1.29, 1.82) is 0 Å². The predicted molar refractivity (Wildman–Crippen MR) is 77.9 cm³/mol. The maximum atomic E-state index is 13.0. The Kier molecular flexibility index (Phi) is 6.75. The zero-order valence-electron chi connectivity index (χ0n) is 12.2. The lowest BCUT2D eigenvalue weighted by Crippen LogP contribution is -2.03. The van der Waals surface area contributed by atoms with Crippen LogP contribution in [0.25, 0.3) is 6.08 Å². The van der Waals surface area contributed by atoms with Crippen molar-refractivity contribution in [2.75, 3.05) is 0 Å². The van der Waals surface area contributed by atoms with Crippen LogP contribution in [0.1, 0.15) is 58.4 Å². The van der Waals surface area contributed by atoms with E-state index in [0.29, 0.717) is 0 Å². The van der Waals surface area contributed by atoms with Gasteiger partial charge in [0, 0.05) is 0 Å². The largest absolute Gasteiger partial charge is 0.204 e. The lowest BCUT2D eigenvalue weighted by atomic mass is 9.86. The van der Waals surface area contributed by atoms with E-state index in [-0.39, 0.29) is 0 Å². The van der Waals surface area contributed by atoms with Gasteiger partial charge in [-0.1, -0.05) is 44.9 Å². The van der Waals surface area contributed by atoms with Gasteiger partial charge in [-0.2, -0.15) is 0 Å². The number of hydrogen-bond donors (Lipinski definition) is 0. The first-order chi connectivity index (χ1) is 9.06. The van der Waals surface area contributed by atoms with Crippen LogP contribution in [0.3, 0.4) is 0 Å². The topological polar surface area (TPSA) is 0 Å². The summed E-state index contributed by atoms with van der Waals surface area (Å²) in [4.78, 5) is 0. The summed E-state index contributed by atoms with van der Waals surface area (Å²) in [6, 6.07) is 4.08. The molecule has 0 amide bonds. The maximum Gasteiger partial charge on any atom is 0.159 e. The quantitative estimate of drug-likeness (QED) is 0.587. The van der Waals surface area contributed by atoms with Crippen LogP contribution in [0.15, 0.2) is 23.8 Å². The van der Waals surface area contributed by atoms with Crippen molar-refractivity contribution in [3.63, 3.8) is 0 Å². The second-order valence-electron chi connectivity index (χ2n) is 5.37. The van der Waals surface area contributed by atoms with Gasteiger partial charge in [-0.25, -0.2) is 8.78 Å². The third kappa shape index (κ3) is 5.54. The van der Waals surface area contributed by atoms with E-state index < -0.39 is 11.6 Å². The first kappa shape index (κ1) is 15.9. The Balaban J connectivity index is 0.000000550. The van der Waals surface area contributed by atoms with Gasteiger partial charge in [0.15, 0.2) is 11.6 Å². The van der Waals surface area contributed by atoms with Crippen LogP contribution in [0.2, 0.25) is 0 Å². The van der Waals surface area contributed by atoms with Gasteiger partial charge in [0.25, 0.3) is 0 Å². The molecule has 0 heterocycles. The molecule has 1 aromatic rings. The number of allylic oxidation sites excluding steroid dienone is 1. The van der Waals surface area contributed by atoms with Crippen LogP contribution in [0.5, 0.6) is 0 Å². The Hall–Kier alpha value is -1.18. The third-order valence-electron chi connectivity index (χ3n) is 3.23. The highest BCUT2D eigenvalue weighted by molar-refractivity contribution is 5.53. The summed E-state index contributed by atoms with van der Waals surface area (Å²) in [6.45, 7) is 6.51. The van der Waals surface area contributed by atoms with Crippen LogP contribution in [0, 0.1) is 17.6 Å². The van der Waals surface area contributed by atoms with E-state index in [4.69, 9.17) is 0 Å². The minimum absolute atomic E-state index is 0.765. The van der Waals surface area contributed by atoms with E-state index >= 15 is 0 Å². The average molecular weight is 266 g/mol. The molecule has 2 rings (SSSR count). The Morgan fingerprint density at radius 2 is 1.68 bits per heavy atom. The molecule has 0 radical (unpaired) electrons. The van der Waals surface area contributed by atoms with Crippen LogP contribution >= 0.6 is 0 Å². The second kappa shape index (κ2) is 8.08. The van der Waals surface area contributed by atoms with Crippen molar-refractivity contribution in [3.8, 4) is 0 Å². The molecule has 0 spiro atoms. The molecule has 0 aromatic heterocycles. The summed E-state index contributed by atoms with van der Waals surface area (Å²) in [5, 5.41) is 0. The SMILES string of the molecule is CC1CCC(=Cc2ccc(F)c(F)c2)CC1.CCC. The van der Waals surface area contributed by atoms with Gasteiger partial charge < -0.3 is 0 Å². The van der Waals surface area contributed by atoms with Gasteiger partial charge in [0.05, 0.1) is 0 Å². The van der Waals surface area contributed by atoms with Crippen molar-refractivity contribution in [1.82, 2.24) is 0 Å². The summed E-state index contributed by atoms with van der Waals surface area (Å²) in [7, 11) is 0. The minimum Gasteiger partial charge on any atom is -0.204 e. The Morgan fingerprint density at radius 1 is 1.11 bits per heavy atom. The van der Waals surface area contributed by atoms with E-state index in [1.54, 1.807) is 6.07 Å². The normalized spacial score (nSPS) is 18.6. The van der Waals surface area contributed by atoms with Gasteiger partial charge in [-0.3, -0.25) is 0 Å². The lowest BCUT2D eigenvalue weighted by Gasteiger charge is -2.20. The molecule has 0 N–H and O–H groups in total. The van der Waals surface area contributed by atoms with Crippen LogP contribution in [-0.4, -0.2) is 0 Å². The highest BCUT2D eigenvalue weighted by Gasteiger charge is 2.12. The van der Waals surface area contributed by atoms with Gasteiger partial charge in [0.2, 0.25) is 0 Å². The van der Waals surface area contributed by atoms with Crippen LogP contribution in [-0.2, 0) is 0 Å². The number of benzene rings is 1. The first-order valence-corrected chi connectivity index (χ1v) is 7.21. The average Bonchev–Trinajstić information content (AvgIpc) is 2.38. The van der Waals surface area contributed by atoms with Gasteiger partial charge >= 0.3 is 0 Å². The van der Waals surface area contributed by atoms with Crippen molar-refractivity contribution in [2.24, 2.45) is 5.92 Å². The van der Waals surface area contributed by atoms with Gasteiger partial charge in [0.1, 0.15) is 0 Å². The Bertz CT molecular complexity index is 411. The number of hydrogen-bond acceptors (Lipinski definition) is 0. The molecule has 19 heavy (non-hydrogen) atoms. The van der Waals surface area contributed by atoms with Crippen LogP contribution in [0.4, 0.5) is 8.78 Å². The fourth-order valence-electron chi connectivity index (χ4n) is 2.12. The molecule has 0 bridgehead atoms. The van der Waals surface area contributed by atoms with Gasteiger partial charge in [-0.15, -0.1) is 0 Å². The lowest BCUT2D eigenvalue weighted by molar-refractivity contribution is 0.446. The highest BCUT2D eigenvalue weighted by atomic mass is 19.2. The minimum atomic E-state index is -0.778. The summed E-state index contributed by atoms with van der Waals surface area (Å²) < 4.78 is 25.7. The molecule has 0 aliphatic heterocycles. The molecule has 1 aliphatic rings. The first-order valence-electron chi connectivity index (χ1n) is 7.21. The van der Waals surface area contributed by atoms with E-state index in [1.807, 2.05) is 6.08 Å². The predicted octanol–water partition coefficient (Wildman–Crippen LogP) is 5.97. The standard InChI is InChI=1S/C14H16F2.C3H8/c1-10-2-4-11(5-3-10)8-12-6-7-13(15)14(16)9-12;1-3-2/h6-10H,2-5H2,1H3;3H2,1-2H3. The fraction of sp³-hybridized carbons (Fsp3) is 0.529. The van der Waals surface area contributed by atoms with Gasteiger partial charge in [-0.05, 0) is 49.3 Å². The van der Waals surface area contributed by atoms with Crippen molar-refractivity contribution in [3.05, 3.63) is 41.0 Å². The number of rotatable bonds is 1. The monoisotopic (exact) mass is 266 g/mol. The molecule has 106 valence electrons. The molecule has 2 heteroatoms. The summed E-state index contributed by atoms with van der Waals surface area (Å²) in [5.74, 6) is -0.750. The van der Waals surface area contributed by atoms with Crippen LogP contribution < -0.4 is 0 Å².